The third-order valence-electron chi connectivity index (χ3n) is 2.61. The van der Waals surface area contributed by atoms with Gasteiger partial charge in [0.15, 0.2) is 0 Å². The monoisotopic (exact) mass is 265 g/mol. The van der Waals surface area contributed by atoms with Gasteiger partial charge in [0.05, 0.1) is 10.4 Å². The van der Waals surface area contributed by atoms with Crippen LogP contribution in [0, 0.1) is 5.92 Å². The number of hydrogen-bond acceptors (Lipinski definition) is 5. The Morgan fingerprint density at radius 1 is 1.67 bits per heavy atom. The normalized spacial score (nSPS) is 12.6. The Morgan fingerprint density at radius 2 is 2.44 bits per heavy atom. The Kier molecular flexibility index (Phi) is 3.78. The molecule has 0 radical (unpaired) electrons. The number of nitrogens with two attached hydrogens (primary N) is 1. The van der Waals surface area contributed by atoms with E-state index in [4.69, 9.17) is 10.8 Å². The number of hydrogen-bond donors (Lipinski definition) is 3. The highest BCUT2D eigenvalue weighted by Gasteiger charge is 2.17. The first-order valence-electron chi connectivity index (χ1n) is 5.65. The summed E-state index contributed by atoms with van der Waals surface area (Å²) in [7, 11) is 0. The van der Waals surface area contributed by atoms with Crippen LogP contribution < -0.4 is 11.1 Å². The first-order valence-corrected chi connectivity index (χ1v) is 6.47. The van der Waals surface area contributed by atoms with Gasteiger partial charge in [0, 0.05) is 19.3 Å². The Bertz CT molecular complexity index is 567. The van der Waals surface area contributed by atoms with E-state index in [1.54, 1.807) is 6.20 Å². The lowest BCUT2D eigenvalue weighted by atomic mass is 10.2. The number of amides is 1. The largest absolute Gasteiger partial charge is 0.396 e. The number of carbonyl (C=O) groups is 1. The number of aliphatic hydroxyl groups is 1. The van der Waals surface area contributed by atoms with Crippen LogP contribution in [-0.4, -0.2) is 29.1 Å². The molecule has 18 heavy (non-hydrogen) atoms. The third kappa shape index (κ3) is 2.44. The number of aliphatic hydroxyl groups excluding tert-OH is 1. The maximum Gasteiger partial charge on any atom is 0.263 e. The van der Waals surface area contributed by atoms with Crippen molar-refractivity contribution in [2.75, 3.05) is 18.9 Å². The lowest BCUT2D eigenvalue weighted by Crippen LogP contribution is -2.29. The minimum atomic E-state index is -0.212. The predicted octanol–water partition coefficient (Wildman–Crippen LogP) is 1.24. The minimum absolute atomic E-state index is 0.0303. The topological polar surface area (TPSA) is 88.2 Å². The summed E-state index contributed by atoms with van der Waals surface area (Å²) in [5.41, 5.74) is 7.01. The molecule has 0 aliphatic heterocycles. The van der Waals surface area contributed by atoms with Crippen molar-refractivity contribution in [3.63, 3.8) is 0 Å². The molecule has 2 heterocycles. The van der Waals surface area contributed by atoms with E-state index in [0.29, 0.717) is 22.6 Å². The Morgan fingerprint density at radius 3 is 3.11 bits per heavy atom. The number of pyridine rings is 1. The summed E-state index contributed by atoms with van der Waals surface area (Å²) in [6.07, 6.45) is 1.65. The molecule has 96 valence electrons. The fraction of sp³-hybridized carbons (Fsp3) is 0.333. The van der Waals surface area contributed by atoms with Crippen LogP contribution in [0.4, 0.5) is 5.69 Å². The lowest BCUT2D eigenvalue weighted by Gasteiger charge is -2.08. The van der Waals surface area contributed by atoms with Crippen LogP contribution in [0.1, 0.15) is 16.6 Å². The highest BCUT2D eigenvalue weighted by molar-refractivity contribution is 7.21. The van der Waals surface area contributed by atoms with Crippen LogP contribution in [0.5, 0.6) is 0 Å². The van der Waals surface area contributed by atoms with E-state index in [2.05, 4.69) is 10.3 Å². The van der Waals surface area contributed by atoms with Gasteiger partial charge in [0.1, 0.15) is 10.4 Å². The fourth-order valence-electron chi connectivity index (χ4n) is 1.53. The van der Waals surface area contributed by atoms with Crippen LogP contribution in [0.25, 0.3) is 10.2 Å². The number of anilines is 1. The molecule has 1 amide bonds. The molecular weight excluding hydrogens is 250 g/mol. The zero-order chi connectivity index (χ0) is 13.1. The van der Waals surface area contributed by atoms with Crippen LogP contribution in [0.3, 0.4) is 0 Å². The second kappa shape index (κ2) is 5.32. The number of carbonyl (C=O) groups excluding carboxylic acids is 1. The Balaban J connectivity index is 2.20. The first kappa shape index (κ1) is 12.8. The van der Waals surface area contributed by atoms with Gasteiger partial charge in [-0.1, -0.05) is 6.92 Å². The van der Waals surface area contributed by atoms with Crippen LogP contribution in [0.2, 0.25) is 0 Å². The van der Waals surface area contributed by atoms with Crippen LogP contribution >= 0.6 is 11.3 Å². The molecule has 0 saturated carbocycles. The molecule has 0 saturated heterocycles. The van der Waals surface area contributed by atoms with E-state index in [9.17, 15) is 4.79 Å². The van der Waals surface area contributed by atoms with E-state index in [-0.39, 0.29) is 18.4 Å². The summed E-state index contributed by atoms with van der Waals surface area (Å²) in [4.78, 5) is 16.6. The molecule has 6 heteroatoms. The molecular formula is C12H15N3O2S. The molecule has 0 spiro atoms. The molecule has 2 aromatic rings. The zero-order valence-electron chi connectivity index (χ0n) is 10.0. The van der Waals surface area contributed by atoms with Crippen molar-refractivity contribution in [2.24, 2.45) is 5.92 Å². The number of thiophene rings is 1. The molecule has 1 atom stereocenters. The molecule has 0 aliphatic carbocycles. The molecule has 2 aromatic heterocycles. The summed E-state index contributed by atoms with van der Waals surface area (Å²) in [5.74, 6) is -0.182. The predicted molar refractivity (Wildman–Crippen MR) is 72.6 cm³/mol. The Labute approximate surface area is 109 Å². The highest BCUT2D eigenvalue weighted by atomic mass is 32.1. The number of fused-ring (bicyclic) bond motifs is 1. The van der Waals surface area contributed by atoms with Crippen molar-refractivity contribution < 1.29 is 9.90 Å². The van der Waals surface area contributed by atoms with Gasteiger partial charge in [0.2, 0.25) is 0 Å². The number of nitrogens with zero attached hydrogens (tertiary/aromatic N) is 1. The number of aromatic nitrogens is 1. The van der Waals surface area contributed by atoms with Crippen molar-refractivity contribution in [3.8, 4) is 0 Å². The van der Waals surface area contributed by atoms with Gasteiger partial charge in [-0.05, 0) is 18.1 Å². The molecule has 0 aliphatic rings. The van der Waals surface area contributed by atoms with Gasteiger partial charge in [-0.15, -0.1) is 11.3 Å². The zero-order valence-corrected chi connectivity index (χ0v) is 10.8. The molecule has 4 N–H and O–H groups in total. The second-order valence-electron chi connectivity index (χ2n) is 4.19. The summed E-state index contributed by atoms with van der Waals surface area (Å²) < 4.78 is 0.898. The van der Waals surface area contributed by atoms with E-state index >= 15 is 0 Å². The molecule has 0 bridgehead atoms. The lowest BCUT2D eigenvalue weighted by molar-refractivity contribution is 0.0947. The smallest absolute Gasteiger partial charge is 0.263 e. The van der Waals surface area contributed by atoms with E-state index in [1.807, 2.05) is 19.1 Å². The van der Waals surface area contributed by atoms with Gasteiger partial charge in [-0.2, -0.15) is 0 Å². The summed E-state index contributed by atoms with van der Waals surface area (Å²) >= 11 is 1.33. The van der Waals surface area contributed by atoms with Gasteiger partial charge < -0.3 is 16.2 Å². The van der Waals surface area contributed by atoms with Crippen molar-refractivity contribution in [3.05, 3.63) is 23.2 Å². The highest BCUT2D eigenvalue weighted by Crippen LogP contribution is 2.31. The number of rotatable bonds is 4. The third-order valence-corrected chi connectivity index (χ3v) is 3.77. The van der Waals surface area contributed by atoms with Gasteiger partial charge in [0.25, 0.3) is 5.91 Å². The van der Waals surface area contributed by atoms with Gasteiger partial charge in [-0.25, -0.2) is 0 Å². The van der Waals surface area contributed by atoms with Crippen molar-refractivity contribution >= 4 is 33.1 Å². The number of nitrogen functional groups attached to an aromatic ring is 1. The maximum absolute atomic E-state index is 12.0. The molecule has 0 aromatic carbocycles. The van der Waals surface area contributed by atoms with E-state index in [1.165, 1.54) is 11.3 Å². The number of nitrogens with one attached hydrogen (secondary N) is 1. The summed E-state index contributed by atoms with van der Waals surface area (Å²) in [5, 5.41) is 11.7. The molecule has 2 rings (SSSR count). The quantitative estimate of drug-likeness (QED) is 0.776. The van der Waals surface area contributed by atoms with Crippen molar-refractivity contribution in [1.29, 1.82) is 0 Å². The standard InChI is InChI=1S/C12H15N3O2S/c1-7(6-16)5-15-12(17)11-9(13)10-8(18-11)3-2-4-14-10/h2-4,7,16H,5-6,13H2,1H3,(H,15,17). The Hall–Kier alpha value is -1.66. The summed E-state index contributed by atoms with van der Waals surface area (Å²) in [6, 6.07) is 3.70. The maximum atomic E-state index is 12.0. The minimum Gasteiger partial charge on any atom is -0.396 e. The van der Waals surface area contributed by atoms with E-state index < -0.39 is 0 Å². The average Bonchev–Trinajstić information content (AvgIpc) is 2.73. The van der Waals surface area contributed by atoms with Crippen LogP contribution in [-0.2, 0) is 0 Å². The molecule has 0 fully saturated rings. The van der Waals surface area contributed by atoms with Crippen LogP contribution in [0.15, 0.2) is 18.3 Å². The molecule has 1 unspecified atom stereocenters. The SMILES string of the molecule is CC(CO)CNC(=O)c1sc2cccnc2c1N. The fourth-order valence-corrected chi connectivity index (χ4v) is 2.53. The van der Waals surface area contributed by atoms with E-state index in [0.717, 1.165) is 4.70 Å². The van der Waals surface area contributed by atoms with Crippen molar-refractivity contribution in [1.82, 2.24) is 10.3 Å². The first-order chi connectivity index (χ1) is 8.63. The molecule has 5 nitrogen and oxygen atoms in total. The van der Waals surface area contributed by atoms with Gasteiger partial charge in [-0.3, -0.25) is 9.78 Å². The summed E-state index contributed by atoms with van der Waals surface area (Å²) in [6.45, 7) is 2.33. The van der Waals surface area contributed by atoms with Gasteiger partial charge >= 0.3 is 0 Å². The van der Waals surface area contributed by atoms with Crippen molar-refractivity contribution in [2.45, 2.75) is 6.92 Å². The second-order valence-corrected chi connectivity index (χ2v) is 5.24. The average molecular weight is 265 g/mol.